The van der Waals surface area contributed by atoms with Crippen LogP contribution >= 0.6 is 0 Å². The lowest BCUT2D eigenvalue weighted by Crippen LogP contribution is -2.26. The zero-order valence-corrected chi connectivity index (χ0v) is 10.1. The van der Waals surface area contributed by atoms with Gasteiger partial charge >= 0.3 is 0 Å². The highest BCUT2D eigenvalue weighted by Crippen LogP contribution is 2.11. The van der Waals surface area contributed by atoms with E-state index in [0.717, 1.165) is 11.4 Å². The van der Waals surface area contributed by atoms with Crippen LogP contribution in [-0.2, 0) is 10.0 Å². The maximum absolute atomic E-state index is 11.1. The predicted octanol–water partition coefficient (Wildman–Crippen LogP) is 0.0844. The van der Waals surface area contributed by atoms with Crippen molar-refractivity contribution in [3.63, 3.8) is 0 Å². The van der Waals surface area contributed by atoms with Gasteiger partial charge in [0.15, 0.2) is 0 Å². The van der Waals surface area contributed by atoms with Crippen LogP contribution in [0.5, 0.6) is 0 Å². The number of nitrogens with zero attached hydrogens (tertiary/aromatic N) is 1. The third kappa shape index (κ3) is 4.03. The van der Waals surface area contributed by atoms with Gasteiger partial charge in [-0.1, -0.05) is 0 Å². The van der Waals surface area contributed by atoms with Gasteiger partial charge in [0.05, 0.1) is 29.5 Å². The van der Waals surface area contributed by atoms with Gasteiger partial charge in [-0.25, -0.2) is 13.1 Å². The number of hydrogen-bond acceptors (Lipinski definition) is 5. The van der Waals surface area contributed by atoms with Crippen molar-refractivity contribution in [1.29, 1.82) is 0 Å². The Morgan fingerprint density at radius 2 is 1.94 bits per heavy atom. The first-order valence-corrected chi connectivity index (χ1v) is 6.50. The maximum atomic E-state index is 11.1. The molecule has 1 aromatic heterocycles. The molecule has 1 heterocycles. The van der Waals surface area contributed by atoms with Gasteiger partial charge in [0, 0.05) is 13.6 Å². The Morgan fingerprint density at radius 3 is 2.56 bits per heavy atom. The van der Waals surface area contributed by atoms with Crippen LogP contribution < -0.4 is 15.4 Å². The van der Waals surface area contributed by atoms with Crippen molar-refractivity contribution in [2.24, 2.45) is 0 Å². The average Bonchev–Trinajstić information content (AvgIpc) is 2.29. The minimum atomic E-state index is -3.15. The summed E-state index contributed by atoms with van der Waals surface area (Å²) in [7, 11) is 0.0453. The molecule has 16 heavy (non-hydrogen) atoms. The summed E-state index contributed by atoms with van der Waals surface area (Å²) in [4.78, 5) is 4.00. The van der Waals surface area contributed by atoms with E-state index in [9.17, 15) is 8.42 Å². The summed E-state index contributed by atoms with van der Waals surface area (Å²) in [5.41, 5.74) is 1.67. The second-order valence-electron chi connectivity index (χ2n) is 3.16. The molecule has 0 saturated heterocycles. The summed E-state index contributed by atoms with van der Waals surface area (Å²) in [5, 5.41) is 5.94. The summed E-state index contributed by atoms with van der Waals surface area (Å²) >= 11 is 0. The van der Waals surface area contributed by atoms with Crippen molar-refractivity contribution < 1.29 is 8.42 Å². The van der Waals surface area contributed by atoms with E-state index < -0.39 is 10.0 Å². The number of anilines is 2. The summed E-state index contributed by atoms with van der Waals surface area (Å²) in [6, 6.07) is 1.86. The van der Waals surface area contributed by atoms with Crippen LogP contribution in [0.25, 0.3) is 0 Å². The van der Waals surface area contributed by atoms with Gasteiger partial charge in [0.2, 0.25) is 10.0 Å². The second kappa shape index (κ2) is 5.66. The summed E-state index contributed by atoms with van der Waals surface area (Å²) in [5.74, 6) is 0.0350. The lowest BCUT2D eigenvalue weighted by molar-refractivity contribution is 0.588. The van der Waals surface area contributed by atoms with Crippen molar-refractivity contribution in [2.45, 2.75) is 0 Å². The number of hydrogen-bond donors (Lipinski definition) is 3. The summed E-state index contributed by atoms with van der Waals surface area (Å²) < 4.78 is 24.5. The Labute approximate surface area is 95.5 Å². The van der Waals surface area contributed by atoms with Gasteiger partial charge < -0.3 is 10.6 Å². The molecule has 0 aliphatic carbocycles. The van der Waals surface area contributed by atoms with Crippen molar-refractivity contribution in [3.8, 4) is 0 Å². The van der Waals surface area contributed by atoms with E-state index in [0.29, 0.717) is 6.54 Å². The second-order valence-corrected chi connectivity index (χ2v) is 5.21. The first kappa shape index (κ1) is 12.7. The highest BCUT2D eigenvalue weighted by atomic mass is 32.2. The molecular formula is C9H16N4O2S. The fraction of sp³-hybridized carbons (Fsp3) is 0.444. The SMILES string of the molecule is CNc1cncc(NCCS(=O)(=O)NC)c1. The number of sulfonamides is 1. The minimum absolute atomic E-state index is 0.0350. The Balaban J connectivity index is 2.49. The molecule has 1 aromatic rings. The quantitative estimate of drug-likeness (QED) is 0.660. The molecule has 3 N–H and O–H groups in total. The number of pyridine rings is 1. The lowest BCUT2D eigenvalue weighted by Gasteiger charge is -2.07. The highest BCUT2D eigenvalue weighted by Gasteiger charge is 2.05. The predicted molar refractivity (Wildman–Crippen MR) is 65.1 cm³/mol. The maximum Gasteiger partial charge on any atom is 0.213 e. The molecule has 0 aliphatic rings. The third-order valence-electron chi connectivity index (χ3n) is 2.04. The van der Waals surface area contributed by atoms with Gasteiger partial charge in [0.1, 0.15) is 0 Å². The monoisotopic (exact) mass is 244 g/mol. The van der Waals surface area contributed by atoms with Crippen LogP contribution in [-0.4, -0.2) is 39.8 Å². The smallest absolute Gasteiger partial charge is 0.213 e. The van der Waals surface area contributed by atoms with E-state index in [-0.39, 0.29) is 5.75 Å². The largest absolute Gasteiger partial charge is 0.387 e. The van der Waals surface area contributed by atoms with Crippen LogP contribution in [0.4, 0.5) is 11.4 Å². The standard InChI is InChI=1S/C9H16N4O2S/c1-10-8-5-9(7-12-6-8)13-3-4-16(14,15)11-2/h5-7,10-11,13H,3-4H2,1-2H3. The highest BCUT2D eigenvalue weighted by molar-refractivity contribution is 7.89. The van der Waals surface area contributed by atoms with E-state index in [1.807, 2.05) is 6.07 Å². The fourth-order valence-electron chi connectivity index (χ4n) is 1.11. The Morgan fingerprint density at radius 1 is 1.25 bits per heavy atom. The molecule has 0 saturated carbocycles. The van der Waals surface area contributed by atoms with Crippen LogP contribution in [0, 0.1) is 0 Å². The molecular weight excluding hydrogens is 228 g/mol. The molecule has 6 nitrogen and oxygen atoms in total. The molecule has 0 amide bonds. The zero-order chi connectivity index (χ0) is 12.0. The molecule has 0 aromatic carbocycles. The van der Waals surface area contributed by atoms with Crippen LogP contribution in [0.15, 0.2) is 18.5 Å². The molecule has 0 unspecified atom stereocenters. The minimum Gasteiger partial charge on any atom is -0.387 e. The van der Waals surface area contributed by atoms with E-state index >= 15 is 0 Å². The van der Waals surface area contributed by atoms with Crippen molar-refractivity contribution in [3.05, 3.63) is 18.5 Å². The average molecular weight is 244 g/mol. The summed E-state index contributed by atoms with van der Waals surface area (Å²) in [6.45, 7) is 0.345. The van der Waals surface area contributed by atoms with Crippen LogP contribution in [0.2, 0.25) is 0 Å². The molecule has 0 aliphatic heterocycles. The van der Waals surface area contributed by atoms with Gasteiger partial charge in [-0.15, -0.1) is 0 Å². The van der Waals surface area contributed by atoms with Gasteiger partial charge in [-0.3, -0.25) is 4.98 Å². The van der Waals surface area contributed by atoms with E-state index in [1.54, 1.807) is 19.4 Å². The molecule has 0 atom stereocenters. The zero-order valence-electron chi connectivity index (χ0n) is 9.32. The van der Waals surface area contributed by atoms with Gasteiger partial charge in [-0.2, -0.15) is 0 Å². The molecule has 0 bridgehead atoms. The van der Waals surface area contributed by atoms with Crippen LogP contribution in [0.1, 0.15) is 0 Å². The summed E-state index contributed by atoms with van der Waals surface area (Å²) in [6.07, 6.45) is 3.34. The molecule has 0 radical (unpaired) electrons. The van der Waals surface area contributed by atoms with Gasteiger partial charge in [-0.05, 0) is 13.1 Å². The van der Waals surface area contributed by atoms with Crippen LogP contribution in [0.3, 0.4) is 0 Å². The fourth-order valence-corrected chi connectivity index (χ4v) is 1.68. The molecule has 1 rings (SSSR count). The van der Waals surface area contributed by atoms with E-state index in [2.05, 4.69) is 20.3 Å². The van der Waals surface area contributed by atoms with E-state index in [4.69, 9.17) is 0 Å². The number of rotatable bonds is 6. The van der Waals surface area contributed by atoms with Crippen molar-refractivity contribution in [2.75, 3.05) is 37.0 Å². The number of aromatic nitrogens is 1. The normalized spacial score (nSPS) is 11.1. The van der Waals surface area contributed by atoms with Crippen molar-refractivity contribution >= 4 is 21.4 Å². The molecule has 90 valence electrons. The topological polar surface area (TPSA) is 83.1 Å². The van der Waals surface area contributed by atoms with Gasteiger partial charge in [0.25, 0.3) is 0 Å². The van der Waals surface area contributed by atoms with E-state index in [1.165, 1.54) is 7.05 Å². The molecule has 0 spiro atoms. The lowest BCUT2D eigenvalue weighted by atomic mass is 10.3. The first-order chi connectivity index (χ1) is 7.57. The molecule has 7 heteroatoms. The Bertz CT molecular complexity index is 433. The molecule has 0 fully saturated rings. The number of nitrogens with one attached hydrogen (secondary N) is 3. The Kier molecular flexibility index (Phi) is 4.51. The first-order valence-electron chi connectivity index (χ1n) is 4.85. The third-order valence-corrected chi connectivity index (χ3v) is 3.40. The van der Waals surface area contributed by atoms with Crippen molar-refractivity contribution in [1.82, 2.24) is 9.71 Å². The Hall–Kier alpha value is -1.34.